The van der Waals surface area contributed by atoms with E-state index in [9.17, 15) is 9.18 Å². The minimum absolute atomic E-state index is 0.000463. The lowest BCUT2D eigenvalue weighted by Crippen LogP contribution is -2.10. The fourth-order valence-electron chi connectivity index (χ4n) is 2.44. The molecule has 86 valence electrons. The third kappa shape index (κ3) is 2.08. The average molecular weight is 222 g/mol. The number of carboxylic acids is 1. The molecule has 16 heavy (non-hydrogen) atoms. The molecule has 1 aliphatic carbocycles. The Hall–Kier alpha value is -1.38. The highest BCUT2D eigenvalue weighted by atomic mass is 19.1. The van der Waals surface area contributed by atoms with Gasteiger partial charge in [-0.2, -0.15) is 0 Å². The van der Waals surface area contributed by atoms with Crippen molar-refractivity contribution in [2.75, 3.05) is 0 Å². The van der Waals surface area contributed by atoms with E-state index in [4.69, 9.17) is 5.11 Å². The quantitative estimate of drug-likeness (QED) is 0.848. The van der Waals surface area contributed by atoms with Crippen LogP contribution in [0.25, 0.3) is 0 Å². The first kappa shape index (κ1) is 11.1. The summed E-state index contributed by atoms with van der Waals surface area (Å²) in [5.41, 5.74) is 0.434. The number of benzene rings is 1. The maximum absolute atomic E-state index is 14.2. The molecular formula is C13H15FO2. The maximum Gasteiger partial charge on any atom is 0.336 e. The molecule has 0 heterocycles. The molecule has 1 aromatic carbocycles. The summed E-state index contributed by atoms with van der Waals surface area (Å²) in [5.74, 6) is -1.04. The van der Waals surface area contributed by atoms with E-state index in [0.29, 0.717) is 5.56 Å². The summed E-state index contributed by atoms with van der Waals surface area (Å²) in [5, 5.41) is 8.99. The molecule has 0 aromatic heterocycles. The van der Waals surface area contributed by atoms with E-state index in [1.165, 1.54) is 6.07 Å². The Labute approximate surface area is 94.1 Å². The fraction of sp³-hybridized carbons (Fsp3) is 0.462. The summed E-state index contributed by atoms with van der Waals surface area (Å²) in [6, 6.07) is 6.39. The molecule has 1 atom stereocenters. The summed E-state index contributed by atoms with van der Waals surface area (Å²) in [6.07, 6.45) is 2.72. The molecule has 0 bridgehead atoms. The number of hydrogen-bond acceptors (Lipinski definition) is 1. The van der Waals surface area contributed by atoms with E-state index in [2.05, 4.69) is 0 Å². The van der Waals surface area contributed by atoms with Crippen molar-refractivity contribution < 1.29 is 14.3 Å². The van der Waals surface area contributed by atoms with Crippen LogP contribution in [-0.2, 0) is 0 Å². The SMILES string of the molecule is O=C(O)c1ccccc1C(F)C1CCCC1. The van der Waals surface area contributed by atoms with Crippen LogP contribution in [0.4, 0.5) is 4.39 Å². The predicted octanol–water partition coefficient (Wildman–Crippen LogP) is 3.59. The van der Waals surface area contributed by atoms with Crippen LogP contribution in [0, 0.1) is 5.92 Å². The molecule has 1 aromatic rings. The van der Waals surface area contributed by atoms with Crippen molar-refractivity contribution in [2.24, 2.45) is 5.92 Å². The first-order chi connectivity index (χ1) is 7.70. The summed E-state index contributed by atoms with van der Waals surface area (Å²) >= 11 is 0. The molecule has 2 rings (SSSR count). The Kier molecular flexibility index (Phi) is 3.22. The molecule has 0 amide bonds. The Morgan fingerprint density at radius 3 is 2.56 bits per heavy atom. The fourth-order valence-corrected chi connectivity index (χ4v) is 2.44. The van der Waals surface area contributed by atoms with Crippen molar-refractivity contribution in [3.05, 3.63) is 35.4 Å². The van der Waals surface area contributed by atoms with Gasteiger partial charge < -0.3 is 5.11 Å². The zero-order valence-corrected chi connectivity index (χ0v) is 9.03. The first-order valence-electron chi connectivity index (χ1n) is 5.66. The van der Waals surface area contributed by atoms with Gasteiger partial charge in [-0.3, -0.25) is 0 Å². The minimum Gasteiger partial charge on any atom is -0.478 e. The number of carboxylic acid groups (broad SMARTS) is 1. The van der Waals surface area contributed by atoms with E-state index >= 15 is 0 Å². The Morgan fingerprint density at radius 2 is 1.94 bits per heavy atom. The predicted molar refractivity (Wildman–Crippen MR) is 59.2 cm³/mol. The molecule has 2 nitrogen and oxygen atoms in total. The average Bonchev–Trinajstić information content (AvgIpc) is 2.81. The van der Waals surface area contributed by atoms with E-state index in [-0.39, 0.29) is 11.5 Å². The monoisotopic (exact) mass is 222 g/mol. The molecule has 0 aliphatic heterocycles. The number of carbonyl (C=O) groups is 1. The third-order valence-corrected chi connectivity index (χ3v) is 3.30. The van der Waals surface area contributed by atoms with Crippen LogP contribution in [0.5, 0.6) is 0 Å². The van der Waals surface area contributed by atoms with Gasteiger partial charge in [0.2, 0.25) is 0 Å². The van der Waals surface area contributed by atoms with Gasteiger partial charge in [0.25, 0.3) is 0 Å². The molecule has 0 spiro atoms. The number of hydrogen-bond donors (Lipinski definition) is 1. The topological polar surface area (TPSA) is 37.3 Å². The van der Waals surface area contributed by atoms with Crippen molar-refractivity contribution >= 4 is 5.97 Å². The summed E-state index contributed by atoms with van der Waals surface area (Å²) < 4.78 is 14.2. The largest absolute Gasteiger partial charge is 0.478 e. The number of rotatable bonds is 3. The van der Waals surface area contributed by atoms with Gasteiger partial charge in [0.05, 0.1) is 5.56 Å². The zero-order chi connectivity index (χ0) is 11.5. The Bertz CT molecular complexity index is 383. The van der Waals surface area contributed by atoms with Gasteiger partial charge in [-0.15, -0.1) is 0 Å². The van der Waals surface area contributed by atoms with Crippen molar-refractivity contribution in [3.63, 3.8) is 0 Å². The number of aromatic carboxylic acids is 1. The van der Waals surface area contributed by atoms with E-state index in [1.54, 1.807) is 18.2 Å². The minimum atomic E-state index is -1.13. The molecule has 3 heteroatoms. The van der Waals surface area contributed by atoms with Gasteiger partial charge in [0.1, 0.15) is 6.17 Å². The molecule has 0 saturated heterocycles. The smallest absolute Gasteiger partial charge is 0.336 e. The van der Waals surface area contributed by atoms with Crippen LogP contribution < -0.4 is 0 Å². The normalized spacial score (nSPS) is 18.6. The molecule has 1 fully saturated rings. The van der Waals surface area contributed by atoms with Gasteiger partial charge in [-0.25, -0.2) is 9.18 Å². The summed E-state index contributed by atoms with van der Waals surface area (Å²) in [7, 11) is 0. The molecular weight excluding hydrogens is 207 g/mol. The molecule has 1 unspecified atom stereocenters. The van der Waals surface area contributed by atoms with Crippen molar-refractivity contribution in [3.8, 4) is 0 Å². The Morgan fingerprint density at radius 1 is 1.31 bits per heavy atom. The summed E-state index contributed by atoms with van der Waals surface area (Å²) in [4.78, 5) is 11.0. The van der Waals surface area contributed by atoms with Crippen LogP contribution in [0.1, 0.15) is 47.8 Å². The van der Waals surface area contributed by atoms with E-state index in [0.717, 1.165) is 25.7 Å². The van der Waals surface area contributed by atoms with Gasteiger partial charge in [0.15, 0.2) is 0 Å². The van der Waals surface area contributed by atoms with Crippen molar-refractivity contribution in [1.82, 2.24) is 0 Å². The highest BCUT2D eigenvalue weighted by molar-refractivity contribution is 5.89. The first-order valence-corrected chi connectivity index (χ1v) is 5.66. The highest BCUT2D eigenvalue weighted by Crippen LogP contribution is 2.39. The second kappa shape index (κ2) is 4.64. The van der Waals surface area contributed by atoms with Crippen LogP contribution in [0.15, 0.2) is 24.3 Å². The molecule has 1 saturated carbocycles. The van der Waals surface area contributed by atoms with E-state index < -0.39 is 12.1 Å². The zero-order valence-electron chi connectivity index (χ0n) is 9.03. The lowest BCUT2D eigenvalue weighted by molar-refractivity contribution is 0.0691. The summed E-state index contributed by atoms with van der Waals surface area (Å²) in [6.45, 7) is 0. The van der Waals surface area contributed by atoms with Gasteiger partial charge in [-0.1, -0.05) is 31.0 Å². The van der Waals surface area contributed by atoms with Gasteiger partial charge in [0, 0.05) is 5.56 Å². The van der Waals surface area contributed by atoms with Gasteiger partial charge in [-0.05, 0) is 24.8 Å². The van der Waals surface area contributed by atoms with Crippen LogP contribution in [0.3, 0.4) is 0 Å². The second-order valence-electron chi connectivity index (χ2n) is 4.34. The number of alkyl halides is 1. The molecule has 1 N–H and O–H groups in total. The molecule has 1 aliphatic rings. The van der Waals surface area contributed by atoms with Gasteiger partial charge >= 0.3 is 5.97 Å². The molecule has 0 radical (unpaired) electrons. The van der Waals surface area contributed by atoms with Crippen molar-refractivity contribution in [2.45, 2.75) is 31.9 Å². The van der Waals surface area contributed by atoms with Crippen LogP contribution in [0.2, 0.25) is 0 Å². The van der Waals surface area contributed by atoms with Crippen LogP contribution in [-0.4, -0.2) is 11.1 Å². The lowest BCUT2D eigenvalue weighted by Gasteiger charge is -2.17. The second-order valence-corrected chi connectivity index (χ2v) is 4.34. The van der Waals surface area contributed by atoms with Crippen molar-refractivity contribution in [1.29, 1.82) is 0 Å². The Balaban J connectivity index is 2.27. The van der Waals surface area contributed by atoms with E-state index in [1.807, 2.05) is 0 Å². The highest BCUT2D eigenvalue weighted by Gasteiger charge is 2.28. The third-order valence-electron chi connectivity index (χ3n) is 3.30. The maximum atomic E-state index is 14.2. The standard InChI is InChI=1S/C13H15FO2/c14-12(9-5-1-2-6-9)10-7-3-4-8-11(10)13(15)16/h3-4,7-9,12H,1-2,5-6H2,(H,15,16). The number of halogens is 1. The lowest BCUT2D eigenvalue weighted by atomic mass is 9.92. The van der Waals surface area contributed by atoms with Crippen LogP contribution >= 0.6 is 0 Å².